The molecule has 2 rings (SSSR count). The Bertz CT molecular complexity index is 362. The number of phenols is 1. The number of phenolic OH excluding ortho intramolecular Hbond substituents is 1. The molecule has 1 aromatic rings. The zero-order valence-electron chi connectivity index (χ0n) is 8.48. The first-order chi connectivity index (χ1) is 7.11. The molecule has 0 bridgehead atoms. The van der Waals surface area contributed by atoms with Gasteiger partial charge in [0.2, 0.25) is 0 Å². The fourth-order valence-corrected chi connectivity index (χ4v) is 2.28. The first kappa shape index (κ1) is 10.7. The number of rotatable bonds is 1. The fraction of sp³-hybridized carbons (Fsp3) is 0.455. The summed E-state index contributed by atoms with van der Waals surface area (Å²) >= 11 is 5.75. The van der Waals surface area contributed by atoms with Gasteiger partial charge in [-0.05, 0) is 37.9 Å². The molecule has 1 aromatic carbocycles. The Morgan fingerprint density at radius 3 is 2.93 bits per heavy atom. The van der Waals surface area contributed by atoms with E-state index in [0.29, 0.717) is 11.1 Å². The van der Waals surface area contributed by atoms with E-state index < -0.39 is 0 Å². The van der Waals surface area contributed by atoms with Crippen LogP contribution >= 0.6 is 11.6 Å². The van der Waals surface area contributed by atoms with Crippen LogP contribution in [0.2, 0.25) is 5.02 Å². The van der Waals surface area contributed by atoms with Crippen molar-refractivity contribution in [3.8, 4) is 5.75 Å². The molecule has 2 N–H and O–H groups in total. The van der Waals surface area contributed by atoms with Crippen molar-refractivity contribution in [2.75, 3.05) is 6.54 Å². The van der Waals surface area contributed by atoms with Crippen molar-refractivity contribution in [2.24, 2.45) is 0 Å². The third kappa shape index (κ3) is 1.82. The monoisotopic (exact) mass is 229 g/mol. The van der Waals surface area contributed by atoms with Crippen molar-refractivity contribution in [1.82, 2.24) is 5.32 Å². The van der Waals surface area contributed by atoms with Gasteiger partial charge in [0.15, 0.2) is 0 Å². The summed E-state index contributed by atoms with van der Waals surface area (Å²) < 4.78 is 13.5. The predicted octanol–water partition coefficient (Wildman–Crippen LogP) is 2.92. The molecule has 0 aliphatic carbocycles. The molecule has 1 unspecified atom stereocenters. The van der Waals surface area contributed by atoms with E-state index in [9.17, 15) is 9.50 Å². The van der Waals surface area contributed by atoms with Gasteiger partial charge in [0.1, 0.15) is 11.6 Å². The molecule has 2 nitrogen and oxygen atoms in total. The zero-order valence-corrected chi connectivity index (χ0v) is 9.24. The van der Waals surface area contributed by atoms with Gasteiger partial charge >= 0.3 is 0 Å². The molecule has 15 heavy (non-hydrogen) atoms. The number of nitrogens with one attached hydrogen (secondary N) is 1. The van der Waals surface area contributed by atoms with E-state index >= 15 is 0 Å². The highest BCUT2D eigenvalue weighted by atomic mass is 35.5. The largest absolute Gasteiger partial charge is 0.506 e. The summed E-state index contributed by atoms with van der Waals surface area (Å²) in [6.07, 6.45) is 1.95. The highest BCUT2D eigenvalue weighted by Crippen LogP contribution is 2.38. The van der Waals surface area contributed by atoms with E-state index in [2.05, 4.69) is 5.32 Å². The topological polar surface area (TPSA) is 32.3 Å². The standard InChI is InChI=1S/C11H13ClFNO/c1-6-8(13)5-7(12)11(15)10(6)9-3-2-4-14-9/h5,9,14-15H,2-4H2,1H3. The lowest BCUT2D eigenvalue weighted by molar-refractivity contribution is 0.452. The molecule has 0 spiro atoms. The average molecular weight is 230 g/mol. The van der Waals surface area contributed by atoms with Gasteiger partial charge in [-0.2, -0.15) is 0 Å². The lowest BCUT2D eigenvalue weighted by Crippen LogP contribution is -2.15. The first-order valence-corrected chi connectivity index (χ1v) is 5.40. The molecule has 0 amide bonds. The Labute approximate surface area is 93.1 Å². The summed E-state index contributed by atoms with van der Waals surface area (Å²) in [5.41, 5.74) is 1.09. The first-order valence-electron chi connectivity index (χ1n) is 5.02. The second-order valence-corrected chi connectivity index (χ2v) is 4.28. The number of hydrogen-bond acceptors (Lipinski definition) is 2. The highest BCUT2D eigenvalue weighted by Gasteiger charge is 2.24. The molecule has 4 heteroatoms. The Morgan fingerprint density at radius 1 is 1.60 bits per heavy atom. The van der Waals surface area contributed by atoms with Gasteiger partial charge in [-0.1, -0.05) is 11.6 Å². The normalized spacial score (nSPS) is 20.9. The quantitative estimate of drug-likeness (QED) is 0.776. The van der Waals surface area contributed by atoms with Gasteiger partial charge in [-0.3, -0.25) is 0 Å². The van der Waals surface area contributed by atoms with Crippen LogP contribution in [0.15, 0.2) is 6.07 Å². The van der Waals surface area contributed by atoms with Crippen molar-refractivity contribution in [3.63, 3.8) is 0 Å². The van der Waals surface area contributed by atoms with Crippen LogP contribution in [0.4, 0.5) is 4.39 Å². The van der Waals surface area contributed by atoms with Gasteiger partial charge in [-0.15, -0.1) is 0 Å². The molecular formula is C11H13ClFNO. The van der Waals surface area contributed by atoms with Crippen molar-refractivity contribution in [2.45, 2.75) is 25.8 Å². The van der Waals surface area contributed by atoms with Gasteiger partial charge in [0, 0.05) is 11.6 Å². The second kappa shape index (κ2) is 3.99. The van der Waals surface area contributed by atoms with Crippen LogP contribution in [0, 0.1) is 12.7 Å². The van der Waals surface area contributed by atoms with Crippen LogP contribution in [0.25, 0.3) is 0 Å². The number of aromatic hydroxyl groups is 1. The maximum absolute atomic E-state index is 13.5. The number of halogens is 2. The van der Waals surface area contributed by atoms with Crippen molar-refractivity contribution in [1.29, 1.82) is 0 Å². The third-order valence-electron chi connectivity index (χ3n) is 2.91. The molecule has 1 saturated heterocycles. The summed E-state index contributed by atoms with van der Waals surface area (Å²) in [5, 5.41) is 13.1. The highest BCUT2D eigenvalue weighted by molar-refractivity contribution is 6.32. The third-order valence-corrected chi connectivity index (χ3v) is 3.19. The van der Waals surface area contributed by atoms with Crippen molar-refractivity contribution >= 4 is 11.6 Å². The van der Waals surface area contributed by atoms with Crippen LogP contribution in [0.5, 0.6) is 5.75 Å². The van der Waals surface area contributed by atoms with E-state index in [4.69, 9.17) is 11.6 Å². The molecule has 82 valence electrons. The van der Waals surface area contributed by atoms with E-state index in [1.165, 1.54) is 0 Å². The Kier molecular flexibility index (Phi) is 2.85. The number of hydrogen-bond donors (Lipinski definition) is 2. The summed E-state index contributed by atoms with van der Waals surface area (Å²) in [6.45, 7) is 2.57. The van der Waals surface area contributed by atoms with Gasteiger partial charge < -0.3 is 10.4 Å². The van der Waals surface area contributed by atoms with Crippen LogP contribution in [-0.4, -0.2) is 11.7 Å². The van der Waals surface area contributed by atoms with E-state index in [1.54, 1.807) is 6.92 Å². The minimum absolute atomic E-state index is 0.00923. The molecule has 1 fully saturated rings. The molecule has 0 saturated carbocycles. The lowest BCUT2D eigenvalue weighted by atomic mass is 9.98. The Balaban J connectivity index is 2.52. The Hall–Kier alpha value is -0.800. The molecular weight excluding hydrogens is 217 g/mol. The predicted molar refractivity (Wildman–Crippen MR) is 57.8 cm³/mol. The summed E-state index contributed by atoms with van der Waals surface area (Å²) in [7, 11) is 0. The lowest BCUT2D eigenvalue weighted by Gasteiger charge is -2.17. The summed E-state index contributed by atoms with van der Waals surface area (Å²) in [5.74, 6) is -0.350. The van der Waals surface area contributed by atoms with Crippen LogP contribution in [0.3, 0.4) is 0 Å². The maximum Gasteiger partial charge on any atom is 0.139 e. The van der Waals surface area contributed by atoms with Gasteiger partial charge in [0.25, 0.3) is 0 Å². The van der Waals surface area contributed by atoms with Gasteiger partial charge in [0.05, 0.1) is 5.02 Å². The van der Waals surface area contributed by atoms with E-state index in [1.807, 2.05) is 0 Å². The molecule has 1 aliphatic heterocycles. The fourth-order valence-electron chi connectivity index (χ4n) is 2.08. The van der Waals surface area contributed by atoms with Crippen molar-refractivity contribution < 1.29 is 9.50 Å². The smallest absolute Gasteiger partial charge is 0.139 e. The number of benzene rings is 1. The average Bonchev–Trinajstić information content (AvgIpc) is 2.69. The van der Waals surface area contributed by atoms with Crippen LogP contribution in [0.1, 0.15) is 30.0 Å². The summed E-state index contributed by atoms with van der Waals surface area (Å²) in [4.78, 5) is 0. The maximum atomic E-state index is 13.5. The molecule has 1 atom stereocenters. The second-order valence-electron chi connectivity index (χ2n) is 3.88. The zero-order chi connectivity index (χ0) is 11.0. The van der Waals surface area contributed by atoms with Crippen molar-refractivity contribution in [3.05, 3.63) is 28.0 Å². The van der Waals surface area contributed by atoms with Crippen LogP contribution < -0.4 is 5.32 Å². The molecule has 0 radical (unpaired) electrons. The minimum Gasteiger partial charge on any atom is -0.506 e. The molecule has 0 aromatic heterocycles. The van der Waals surface area contributed by atoms with Gasteiger partial charge in [-0.25, -0.2) is 4.39 Å². The SMILES string of the molecule is Cc1c(F)cc(Cl)c(O)c1C1CCCN1. The summed E-state index contributed by atoms with van der Waals surface area (Å²) in [6, 6.07) is 1.18. The molecule has 1 heterocycles. The van der Waals surface area contributed by atoms with Crippen LogP contribution in [-0.2, 0) is 0 Å². The Morgan fingerprint density at radius 2 is 2.33 bits per heavy atom. The van der Waals surface area contributed by atoms with E-state index in [0.717, 1.165) is 25.5 Å². The molecule has 1 aliphatic rings. The van der Waals surface area contributed by atoms with E-state index in [-0.39, 0.29) is 22.6 Å². The minimum atomic E-state index is -0.360.